The molecule has 0 saturated carbocycles. The van der Waals surface area contributed by atoms with Crippen molar-refractivity contribution in [3.05, 3.63) is 46.5 Å². The number of nitro groups is 1. The van der Waals surface area contributed by atoms with E-state index in [1.54, 1.807) is 24.3 Å². The molecule has 0 unspecified atom stereocenters. The first-order valence-corrected chi connectivity index (χ1v) is 8.13. The van der Waals surface area contributed by atoms with E-state index in [-0.39, 0.29) is 17.7 Å². The Balaban J connectivity index is 1.68. The molecule has 0 aliphatic carbocycles. The predicted octanol–water partition coefficient (Wildman–Crippen LogP) is 2.25. The molecular weight excluding hydrogens is 324 g/mol. The molecule has 2 heterocycles. The van der Waals surface area contributed by atoms with Crippen LogP contribution < -0.4 is 5.32 Å². The Morgan fingerprint density at radius 1 is 1.24 bits per heavy atom. The van der Waals surface area contributed by atoms with Crippen LogP contribution in [0.15, 0.2) is 36.4 Å². The molecule has 0 atom stereocenters. The zero-order chi connectivity index (χ0) is 17.7. The summed E-state index contributed by atoms with van der Waals surface area (Å²) >= 11 is 0. The van der Waals surface area contributed by atoms with Gasteiger partial charge in [-0.3, -0.25) is 10.1 Å². The third-order valence-electron chi connectivity index (χ3n) is 4.55. The molecule has 0 radical (unpaired) electrons. The van der Waals surface area contributed by atoms with E-state index in [9.17, 15) is 15.2 Å². The Labute approximate surface area is 145 Å². The normalized spacial score (nSPS) is 16.4. The summed E-state index contributed by atoms with van der Waals surface area (Å²) in [6.07, 6.45) is 1.60. The topological polar surface area (TPSA) is 110 Å². The zero-order valence-corrected chi connectivity index (χ0v) is 13.7. The number of hydrogen-bond acceptors (Lipinski definition) is 7. The van der Waals surface area contributed by atoms with Crippen LogP contribution in [-0.2, 0) is 4.74 Å². The summed E-state index contributed by atoms with van der Waals surface area (Å²) < 4.78 is 5.35. The Kier molecular flexibility index (Phi) is 5.20. The fourth-order valence-corrected chi connectivity index (χ4v) is 2.83. The molecule has 132 valence electrons. The number of nitrogens with one attached hydrogen (secondary N) is 1. The first-order chi connectivity index (χ1) is 12.1. The van der Waals surface area contributed by atoms with Gasteiger partial charge in [0.25, 0.3) is 5.69 Å². The highest BCUT2D eigenvalue weighted by atomic mass is 16.6. The number of benzene rings is 1. The van der Waals surface area contributed by atoms with Crippen LogP contribution in [0.5, 0.6) is 0 Å². The van der Waals surface area contributed by atoms with Crippen LogP contribution in [0.4, 0.5) is 11.5 Å². The van der Waals surface area contributed by atoms with Gasteiger partial charge in [0.2, 0.25) is 0 Å². The lowest BCUT2D eigenvalue weighted by atomic mass is 9.81. The Morgan fingerprint density at radius 2 is 2.04 bits per heavy atom. The molecule has 2 N–H and O–H groups in total. The largest absolute Gasteiger partial charge is 0.396 e. The lowest BCUT2D eigenvalue weighted by Gasteiger charge is -2.35. The molecule has 8 heteroatoms. The average molecular weight is 344 g/mol. The first-order valence-electron chi connectivity index (χ1n) is 8.13. The van der Waals surface area contributed by atoms with E-state index in [1.165, 1.54) is 12.1 Å². The van der Waals surface area contributed by atoms with E-state index in [2.05, 4.69) is 15.5 Å². The van der Waals surface area contributed by atoms with Gasteiger partial charge in [-0.25, -0.2) is 0 Å². The summed E-state index contributed by atoms with van der Waals surface area (Å²) in [5.41, 5.74) is 1.03. The highest BCUT2D eigenvalue weighted by Crippen LogP contribution is 2.30. The van der Waals surface area contributed by atoms with Crippen molar-refractivity contribution in [1.29, 1.82) is 0 Å². The second-order valence-corrected chi connectivity index (χ2v) is 6.24. The van der Waals surface area contributed by atoms with E-state index in [0.717, 1.165) is 12.8 Å². The van der Waals surface area contributed by atoms with Crippen molar-refractivity contribution in [2.45, 2.75) is 12.8 Å². The Morgan fingerprint density at radius 3 is 2.68 bits per heavy atom. The predicted molar refractivity (Wildman–Crippen MR) is 92.2 cm³/mol. The smallest absolute Gasteiger partial charge is 0.270 e. The fourth-order valence-electron chi connectivity index (χ4n) is 2.83. The van der Waals surface area contributed by atoms with E-state index in [0.29, 0.717) is 36.8 Å². The number of aromatic nitrogens is 2. The van der Waals surface area contributed by atoms with E-state index < -0.39 is 4.92 Å². The van der Waals surface area contributed by atoms with E-state index in [4.69, 9.17) is 4.74 Å². The quantitative estimate of drug-likeness (QED) is 0.611. The molecule has 0 bridgehead atoms. The van der Waals surface area contributed by atoms with Crippen LogP contribution in [0.25, 0.3) is 11.3 Å². The van der Waals surface area contributed by atoms with Crippen molar-refractivity contribution in [2.24, 2.45) is 5.41 Å². The molecular formula is C17H20N4O4. The van der Waals surface area contributed by atoms with E-state index in [1.807, 2.05) is 0 Å². The van der Waals surface area contributed by atoms with Crippen LogP contribution >= 0.6 is 0 Å². The maximum Gasteiger partial charge on any atom is 0.270 e. The molecule has 0 amide bonds. The molecule has 2 aromatic rings. The summed E-state index contributed by atoms with van der Waals surface area (Å²) in [4.78, 5) is 10.4. The van der Waals surface area contributed by atoms with Crippen molar-refractivity contribution < 1.29 is 14.8 Å². The highest BCUT2D eigenvalue weighted by Gasteiger charge is 2.31. The van der Waals surface area contributed by atoms with Gasteiger partial charge in [-0.05, 0) is 25.0 Å². The van der Waals surface area contributed by atoms with Gasteiger partial charge in [0.1, 0.15) is 5.82 Å². The number of nitrogens with zero attached hydrogens (tertiary/aromatic N) is 3. The van der Waals surface area contributed by atoms with Gasteiger partial charge in [-0.1, -0.05) is 12.1 Å². The second-order valence-electron chi connectivity index (χ2n) is 6.24. The highest BCUT2D eigenvalue weighted by molar-refractivity contribution is 5.62. The summed E-state index contributed by atoms with van der Waals surface area (Å²) in [6.45, 7) is 2.00. The molecule has 1 aromatic carbocycles. The summed E-state index contributed by atoms with van der Waals surface area (Å²) in [5, 5.41) is 32.1. The van der Waals surface area contributed by atoms with Crippen molar-refractivity contribution in [2.75, 3.05) is 31.7 Å². The van der Waals surface area contributed by atoms with Gasteiger partial charge < -0.3 is 15.2 Å². The SMILES string of the molecule is O=[N+]([O-])c1cccc(-c2ccc(NCC3(CO)CCOCC3)nn2)c1. The molecule has 1 fully saturated rings. The Bertz CT molecular complexity index is 730. The minimum Gasteiger partial charge on any atom is -0.396 e. The van der Waals surface area contributed by atoms with E-state index >= 15 is 0 Å². The number of aliphatic hydroxyl groups excluding tert-OH is 1. The van der Waals surface area contributed by atoms with Crippen LogP contribution in [0, 0.1) is 15.5 Å². The Hall–Kier alpha value is -2.58. The average Bonchev–Trinajstić information content (AvgIpc) is 2.67. The third-order valence-corrected chi connectivity index (χ3v) is 4.55. The van der Waals surface area contributed by atoms with Gasteiger partial charge in [-0.2, -0.15) is 0 Å². The van der Waals surface area contributed by atoms with Crippen molar-refractivity contribution in [3.63, 3.8) is 0 Å². The monoisotopic (exact) mass is 344 g/mol. The first kappa shape index (κ1) is 17.2. The van der Waals surface area contributed by atoms with Crippen LogP contribution in [-0.4, -0.2) is 46.6 Å². The van der Waals surface area contributed by atoms with Gasteiger partial charge in [-0.15, -0.1) is 10.2 Å². The number of rotatable bonds is 6. The standard InChI is InChI=1S/C17H20N4O4/c22-12-17(6-8-25-9-7-17)11-18-16-5-4-15(19-20-16)13-2-1-3-14(10-13)21(23)24/h1-5,10,22H,6-9,11-12H2,(H,18,20). The van der Waals surface area contributed by atoms with Gasteiger partial charge in [0, 0.05) is 42.9 Å². The lowest BCUT2D eigenvalue weighted by Crippen LogP contribution is -2.39. The number of ether oxygens (including phenoxy) is 1. The minimum atomic E-state index is -0.435. The molecule has 8 nitrogen and oxygen atoms in total. The number of anilines is 1. The van der Waals surface area contributed by atoms with Crippen molar-refractivity contribution in [1.82, 2.24) is 10.2 Å². The molecule has 3 rings (SSSR count). The maximum absolute atomic E-state index is 10.9. The van der Waals surface area contributed by atoms with Crippen molar-refractivity contribution in [3.8, 4) is 11.3 Å². The second kappa shape index (κ2) is 7.54. The molecule has 1 aliphatic heterocycles. The number of aliphatic hydroxyl groups is 1. The molecule has 25 heavy (non-hydrogen) atoms. The number of hydrogen-bond donors (Lipinski definition) is 2. The number of nitro benzene ring substituents is 1. The maximum atomic E-state index is 10.9. The molecule has 0 spiro atoms. The summed E-state index contributed by atoms with van der Waals surface area (Å²) in [5.74, 6) is 0.605. The molecule has 1 saturated heterocycles. The third kappa shape index (κ3) is 4.09. The van der Waals surface area contributed by atoms with Gasteiger partial charge in [0.15, 0.2) is 0 Å². The number of non-ortho nitro benzene ring substituents is 1. The fraction of sp³-hybridized carbons (Fsp3) is 0.412. The van der Waals surface area contributed by atoms with Crippen molar-refractivity contribution >= 4 is 11.5 Å². The minimum absolute atomic E-state index is 0.0194. The summed E-state index contributed by atoms with van der Waals surface area (Å²) in [7, 11) is 0. The van der Waals surface area contributed by atoms with Crippen LogP contribution in [0.2, 0.25) is 0 Å². The molecule has 1 aromatic heterocycles. The van der Waals surface area contributed by atoms with Gasteiger partial charge in [0.05, 0.1) is 17.2 Å². The molecule has 1 aliphatic rings. The van der Waals surface area contributed by atoms with Crippen LogP contribution in [0.1, 0.15) is 12.8 Å². The zero-order valence-electron chi connectivity index (χ0n) is 13.7. The lowest BCUT2D eigenvalue weighted by molar-refractivity contribution is -0.384. The van der Waals surface area contributed by atoms with Gasteiger partial charge >= 0.3 is 0 Å². The van der Waals surface area contributed by atoms with Crippen LogP contribution in [0.3, 0.4) is 0 Å². The summed E-state index contributed by atoms with van der Waals surface area (Å²) in [6, 6.07) is 9.84.